The number of nitrogens with zero attached hydrogens (tertiary/aromatic N) is 4. The Morgan fingerprint density at radius 3 is 2.21 bits per heavy atom. The van der Waals surface area contributed by atoms with E-state index in [2.05, 4.69) is 15.1 Å². The van der Waals surface area contributed by atoms with Gasteiger partial charge in [0.25, 0.3) is 0 Å². The molecule has 0 radical (unpaired) electrons. The molecule has 0 unspecified atom stereocenters. The van der Waals surface area contributed by atoms with Gasteiger partial charge in [0.2, 0.25) is 10.0 Å². The average molecular weight is 404 g/mol. The van der Waals surface area contributed by atoms with Crippen LogP contribution in [0.2, 0.25) is 0 Å². The fourth-order valence-corrected chi connectivity index (χ4v) is 5.06. The second kappa shape index (κ2) is 8.12. The van der Waals surface area contributed by atoms with Gasteiger partial charge >= 0.3 is 0 Å². The third kappa shape index (κ3) is 3.88. The summed E-state index contributed by atoms with van der Waals surface area (Å²) in [5.74, 6) is 0.806. The summed E-state index contributed by atoms with van der Waals surface area (Å²) >= 11 is 0. The van der Waals surface area contributed by atoms with E-state index in [4.69, 9.17) is 9.47 Å². The molecule has 0 spiro atoms. The van der Waals surface area contributed by atoms with E-state index in [9.17, 15) is 8.42 Å². The van der Waals surface area contributed by atoms with Crippen molar-refractivity contribution in [1.82, 2.24) is 14.5 Å². The van der Waals surface area contributed by atoms with E-state index in [1.165, 1.54) is 4.31 Å². The third-order valence-corrected chi connectivity index (χ3v) is 7.10. The molecule has 3 heterocycles. The molecule has 2 aromatic rings. The summed E-state index contributed by atoms with van der Waals surface area (Å²) in [4.78, 5) is 2.44. The Balaban J connectivity index is 1.61. The maximum atomic E-state index is 13.1. The van der Waals surface area contributed by atoms with Gasteiger partial charge in [-0.15, -0.1) is 10.2 Å². The fourth-order valence-electron chi connectivity index (χ4n) is 3.40. The second-order valence-electron chi connectivity index (χ2n) is 6.87. The summed E-state index contributed by atoms with van der Waals surface area (Å²) in [6, 6.07) is 9.20. The van der Waals surface area contributed by atoms with Crippen molar-refractivity contribution >= 4 is 15.8 Å². The van der Waals surface area contributed by atoms with Crippen LogP contribution in [0.15, 0.2) is 35.2 Å². The number of hydrogen-bond donors (Lipinski definition) is 0. The predicted molar refractivity (Wildman–Crippen MR) is 105 cm³/mol. The van der Waals surface area contributed by atoms with Gasteiger partial charge in [-0.1, -0.05) is 12.1 Å². The maximum absolute atomic E-state index is 13.1. The van der Waals surface area contributed by atoms with Crippen LogP contribution >= 0.6 is 0 Å². The van der Waals surface area contributed by atoms with Crippen LogP contribution in [-0.2, 0) is 19.5 Å². The normalized spacial score (nSPS) is 19.0. The first-order chi connectivity index (χ1) is 13.6. The molecular formula is C19H24N4O4S. The quantitative estimate of drug-likeness (QED) is 0.760. The SMILES string of the molecule is Cc1ccc(-c2ccc(N3CCOCC3)nn2)cc1S(=O)(=O)N1CCOCC1. The predicted octanol–water partition coefficient (Wildman–Crippen LogP) is 1.31. The number of aryl methyl sites for hydroxylation is 1. The van der Waals surface area contributed by atoms with Crippen molar-refractivity contribution in [3.05, 3.63) is 35.9 Å². The molecule has 8 nitrogen and oxygen atoms in total. The number of benzene rings is 1. The van der Waals surface area contributed by atoms with Crippen molar-refractivity contribution < 1.29 is 17.9 Å². The Hall–Kier alpha value is -2.07. The zero-order chi connectivity index (χ0) is 19.6. The summed E-state index contributed by atoms with van der Waals surface area (Å²) in [6.45, 7) is 6.36. The molecule has 2 aliphatic heterocycles. The van der Waals surface area contributed by atoms with Gasteiger partial charge < -0.3 is 14.4 Å². The molecule has 1 aromatic heterocycles. The Morgan fingerprint density at radius 1 is 0.893 bits per heavy atom. The summed E-state index contributed by atoms with van der Waals surface area (Å²) < 4.78 is 38.3. The second-order valence-corrected chi connectivity index (χ2v) is 8.78. The lowest BCUT2D eigenvalue weighted by Crippen LogP contribution is -2.40. The largest absolute Gasteiger partial charge is 0.379 e. The highest BCUT2D eigenvalue weighted by Crippen LogP contribution is 2.27. The number of ether oxygens (including phenoxy) is 2. The summed E-state index contributed by atoms with van der Waals surface area (Å²) in [5, 5.41) is 8.66. The first kappa shape index (κ1) is 19.3. The first-order valence-electron chi connectivity index (χ1n) is 9.41. The number of aromatic nitrogens is 2. The Labute approximate surface area is 165 Å². The topological polar surface area (TPSA) is 84.9 Å². The standard InChI is InChI=1S/C19H24N4O4S/c1-15-2-3-16(14-18(15)28(24,25)23-8-12-27-13-9-23)17-4-5-19(21-20-17)22-6-10-26-11-7-22/h2-5,14H,6-13H2,1H3. The molecule has 28 heavy (non-hydrogen) atoms. The lowest BCUT2D eigenvalue weighted by Gasteiger charge is -2.27. The number of hydrogen-bond acceptors (Lipinski definition) is 7. The van der Waals surface area contributed by atoms with Crippen LogP contribution in [0.25, 0.3) is 11.3 Å². The van der Waals surface area contributed by atoms with E-state index in [1.807, 2.05) is 31.2 Å². The van der Waals surface area contributed by atoms with E-state index in [-0.39, 0.29) is 0 Å². The highest BCUT2D eigenvalue weighted by Gasteiger charge is 2.28. The van der Waals surface area contributed by atoms with Crippen molar-refractivity contribution in [3.63, 3.8) is 0 Å². The molecule has 0 bridgehead atoms. The van der Waals surface area contributed by atoms with E-state index in [1.54, 1.807) is 6.07 Å². The molecule has 0 N–H and O–H groups in total. The smallest absolute Gasteiger partial charge is 0.243 e. The van der Waals surface area contributed by atoms with E-state index < -0.39 is 10.0 Å². The zero-order valence-corrected chi connectivity index (χ0v) is 16.7. The van der Waals surface area contributed by atoms with Gasteiger partial charge in [-0.3, -0.25) is 0 Å². The minimum atomic E-state index is -3.57. The van der Waals surface area contributed by atoms with Crippen LogP contribution in [0.5, 0.6) is 0 Å². The summed E-state index contributed by atoms with van der Waals surface area (Å²) in [6.07, 6.45) is 0. The van der Waals surface area contributed by atoms with E-state index in [0.29, 0.717) is 55.7 Å². The molecule has 9 heteroatoms. The van der Waals surface area contributed by atoms with Gasteiger partial charge in [-0.05, 0) is 30.7 Å². The lowest BCUT2D eigenvalue weighted by atomic mass is 10.1. The molecule has 0 saturated carbocycles. The maximum Gasteiger partial charge on any atom is 0.243 e. The minimum absolute atomic E-state index is 0.311. The molecule has 0 atom stereocenters. The summed E-state index contributed by atoms with van der Waals surface area (Å²) in [7, 11) is -3.57. The third-order valence-electron chi connectivity index (χ3n) is 5.06. The first-order valence-corrected chi connectivity index (χ1v) is 10.8. The van der Waals surface area contributed by atoms with Gasteiger partial charge in [0, 0.05) is 31.7 Å². The van der Waals surface area contributed by atoms with Crippen LogP contribution < -0.4 is 4.90 Å². The van der Waals surface area contributed by atoms with Crippen LogP contribution in [0.1, 0.15) is 5.56 Å². The zero-order valence-electron chi connectivity index (χ0n) is 15.9. The molecule has 2 fully saturated rings. The molecule has 4 rings (SSSR count). The summed E-state index contributed by atoms with van der Waals surface area (Å²) in [5.41, 5.74) is 2.10. The van der Waals surface area contributed by atoms with Gasteiger partial charge in [0.05, 0.1) is 37.0 Å². The van der Waals surface area contributed by atoms with E-state index >= 15 is 0 Å². The van der Waals surface area contributed by atoms with Crippen LogP contribution in [0, 0.1) is 6.92 Å². The van der Waals surface area contributed by atoms with E-state index in [0.717, 1.165) is 24.5 Å². The highest BCUT2D eigenvalue weighted by atomic mass is 32.2. The van der Waals surface area contributed by atoms with Crippen LogP contribution in [0.4, 0.5) is 5.82 Å². The van der Waals surface area contributed by atoms with Crippen molar-refractivity contribution in [2.75, 3.05) is 57.5 Å². The van der Waals surface area contributed by atoms with Crippen molar-refractivity contribution in [2.24, 2.45) is 0 Å². The van der Waals surface area contributed by atoms with Gasteiger partial charge in [-0.25, -0.2) is 8.42 Å². The van der Waals surface area contributed by atoms with Crippen molar-refractivity contribution in [3.8, 4) is 11.3 Å². The van der Waals surface area contributed by atoms with Crippen molar-refractivity contribution in [2.45, 2.75) is 11.8 Å². The molecular weight excluding hydrogens is 380 g/mol. The Morgan fingerprint density at radius 2 is 1.57 bits per heavy atom. The van der Waals surface area contributed by atoms with Crippen molar-refractivity contribution in [1.29, 1.82) is 0 Å². The van der Waals surface area contributed by atoms with Gasteiger partial charge in [0.15, 0.2) is 5.82 Å². The average Bonchev–Trinajstić information content (AvgIpc) is 2.75. The molecule has 1 aromatic carbocycles. The molecule has 2 saturated heterocycles. The minimum Gasteiger partial charge on any atom is -0.379 e. The number of anilines is 1. The van der Waals surface area contributed by atoms with Gasteiger partial charge in [0.1, 0.15) is 0 Å². The number of rotatable bonds is 4. The Kier molecular flexibility index (Phi) is 5.58. The monoisotopic (exact) mass is 404 g/mol. The molecule has 0 amide bonds. The molecule has 2 aliphatic rings. The van der Waals surface area contributed by atoms with Crippen LogP contribution in [0.3, 0.4) is 0 Å². The highest BCUT2D eigenvalue weighted by molar-refractivity contribution is 7.89. The van der Waals surface area contributed by atoms with Crippen LogP contribution in [-0.4, -0.2) is 75.5 Å². The number of morpholine rings is 2. The van der Waals surface area contributed by atoms with Gasteiger partial charge in [-0.2, -0.15) is 4.31 Å². The fraction of sp³-hybridized carbons (Fsp3) is 0.474. The molecule has 0 aliphatic carbocycles. The number of sulfonamides is 1. The lowest BCUT2D eigenvalue weighted by molar-refractivity contribution is 0.0730. The molecule has 150 valence electrons. The Bertz CT molecular complexity index is 921.